The molecule has 2 aromatic rings. The summed E-state index contributed by atoms with van der Waals surface area (Å²) in [6.45, 7) is 1.90. The lowest BCUT2D eigenvalue weighted by atomic mass is 10.1. The highest BCUT2D eigenvalue weighted by Gasteiger charge is 2.13. The smallest absolute Gasteiger partial charge is 0.224 e. The molecular weight excluding hydrogens is 301 g/mol. The van der Waals surface area contributed by atoms with E-state index in [1.807, 2.05) is 29.8 Å². The molecule has 0 unspecified atom stereocenters. The van der Waals surface area contributed by atoms with E-state index in [0.29, 0.717) is 16.5 Å². The SMILES string of the molecule is C[C@@H](NC(=O)Cc1ccsc1)c1ccc(Cl)cc1Cl. The third-order valence-electron chi connectivity index (χ3n) is 2.75. The molecule has 0 aliphatic carbocycles. The van der Waals surface area contributed by atoms with Gasteiger partial charge in [-0.2, -0.15) is 11.3 Å². The molecule has 2 nitrogen and oxygen atoms in total. The molecule has 5 heteroatoms. The van der Waals surface area contributed by atoms with Crippen molar-refractivity contribution in [3.05, 3.63) is 56.2 Å². The van der Waals surface area contributed by atoms with Crippen molar-refractivity contribution in [2.45, 2.75) is 19.4 Å². The van der Waals surface area contributed by atoms with Crippen molar-refractivity contribution >= 4 is 40.4 Å². The fourth-order valence-electron chi connectivity index (χ4n) is 1.80. The van der Waals surface area contributed by atoms with Gasteiger partial charge in [-0.25, -0.2) is 0 Å². The van der Waals surface area contributed by atoms with E-state index >= 15 is 0 Å². The van der Waals surface area contributed by atoms with E-state index in [-0.39, 0.29) is 11.9 Å². The average Bonchev–Trinajstić information content (AvgIpc) is 2.81. The Morgan fingerprint density at radius 2 is 2.16 bits per heavy atom. The summed E-state index contributed by atoms with van der Waals surface area (Å²) in [6.07, 6.45) is 0.388. The largest absolute Gasteiger partial charge is 0.349 e. The first-order valence-electron chi connectivity index (χ1n) is 5.81. The second kappa shape index (κ2) is 6.42. The Hall–Kier alpha value is -1.03. The van der Waals surface area contributed by atoms with Crippen LogP contribution in [0.15, 0.2) is 35.0 Å². The van der Waals surface area contributed by atoms with Crippen LogP contribution in [0.25, 0.3) is 0 Å². The zero-order valence-corrected chi connectivity index (χ0v) is 12.6. The molecule has 2 rings (SSSR count). The van der Waals surface area contributed by atoms with E-state index in [1.54, 1.807) is 23.5 Å². The number of amides is 1. The average molecular weight is 314 g/mol. The normalized spacial score (nSPS) is 12.2. The second-order valence-electron chi connectivity index (χ2n) is 4.26. The minimum absolute atomic E-state index is 0.0167. The Labute approximate surface area is 126 Å². The summed E-state index contributed by atoms with van der Waals surface area (Å²) in [7, 11) is 0. The Morgan fingerprint density at radius 1 is 1.37 bits per heavy atom. The molecule has 1 N–H and O–H groups in total. The van der Waals surface area contributed by atoms with Gasteiger partial charge in [-0.05, 0) is 47.0 Å². The molecule has 0 aliphatic heterocycles. The van der Waals surface area contributed by atoms with Crippen LogP contribution in [0, 0.1) is 0 Å². The Morgan fingerprint density at radius 3 is 2.79 bits per heavy atom. The van der Waals surface area contributed by atoms with Crippen molar-refractivity contribution in [2.24, 2.45) is 0 Å². The first kappa shape index (κ1) is 14.4. The van der Waals surface area contributed by atoms with E-state index in [4.69, 9.17) is 23.2 Å². The van der Waals surface area contributed by atoms with Gasteiger partial charge in [0.05, 0.1) is 12.5 Å². The molecular formula is C14H13Cl2NOS. The Bertz CT molecular complexity index is 569. The fraction of sp³-hybridized carbons (Fsp3) is 0.214. The molecule has 0 radical (unpaired) electrons. The van der Waals surface area contributed by atoms with Gasteiger partial charge in [0.15, 0.2) is 0 Å². The standard InChI is InChI=1S/C14H13Cl2NOS/c1-9(12-3-2-11(15)7-13(12)16)17-14(18)6-10-4-5-19-8-10/h2-5,7-9H,6H2,1H3,(H,17,18)/t9-/m1/s1. The molecule has 0 saturated carbocycles. The number of halogens is 2. The van der Waals surface area contributed by atoms with Crippen molar-refractivity contribution in [3.8, 4) is 0 Å². The summed E-state index contributed by atoms with van der Waals surface area (Å²) in [5.41, 5.74) is 1.89. The van der Waals surface area contributed by atoms with Gasteiger partial charge >= 0.3 is 0 Å². The van der Waals surface area contributed by atoms with Crippen LogP contribution in [0.2, 0.25) is 10.0 Å². The number of benzene rings is 1. The van der Waals surface area contributed by atoms with Crippen LogP contribution in [-0.4, -0.2) is 5.91 Å². The molecule has 0 aliphatic rings. The van der Waals surface area contributed by atoms with Crippen molar-refractivity contribution in [3.63, 3.8) is 0 Å². The number of nitrogens with one attached hydrogen (secondary N) is 1. The minimum atomic E-state index is -0.143. The van der Waals surface area contributed by atoms with Gasteiger partial charge in [-0.3, -0.25) is 4.79 Å². The third kappa shape index (κ3) is 3.96. The van der Waals surface area contributed by atoms with E-state index < -0.39 is 0 Å². The van der Waals surface area contributed by atoms with E-state index in [0.717, 1.165) is 11.1 Å². The lowest BCUT2D eigenvalue weighted by molar-refractivity contribution is -0.121. The summed E-state index contributed by atoms with van der Waals surface area (Å²) in [5, 5.41) is 8.02. The van der Waals surface area contributed by atoms with Crippen molar-refractivity contribution < 1.29 is 4.79 Å². The van der Waals surface area contributed by atoms with E-state index in [1.165, 1.54) is 0 Å². The number of thiophene rings is 1. The van der Waals surface area contributed by atoms with E-state index in [9.17, 15) is 4.79 Å². The van der Waals surface area contributed by atoms with Crippen molar-refractivity contribution in [2.75, 3.05) is 0 Å². The summed E-state index contributed by atoms with van der Waals surface area (Å²) in [6, 6.07) is 7.09. The van der Waals surface area contributed by atoms with Crippen LogP contribution >= 0.6 is 34.5 Å². The highest BCUT2D eigenvalue weighted by atomic mass is 35.5. The quantitative estimate of drug-likeness (QED) is 0.886. The number of rotatable bonds is 4. The van der Waals surface area contributed by atoms with Gasteiger partial charge in [-0.1, -0.05) is 29.3 Å². The molecule has 0 spiro atoms. The number of hydrogen-bond donors (Lipinski definition) is 1. The first-order chi connectivity index (χ1) is 9.06. The van der Waals surface area contributed by atoms with Crippen LogP contribution in [-0.2, 0) is 11.2 Å². The van der Waals surface area contributed by atoms with Crippen LogP contribution in [0.5, 0.6) is 0 Å². The summed E-state index contributed by atoms with van der Waals surface area (Å²) in [4.78, 5) is 11.9. The summed E-state index contributed by atoms with van der Waals surface area (Å²) >= 11 is 13.6. The van der Waals surface area contributed by atoms with Crippen molar-refractivity contribution in [1.82, 2.24) is 5.32 Å². The van der Waals surface area contributed by atoms with Gasteiger partial charge in [-0.15, -0.1) is 0 Å². The zero-order valence-electron chi connectivity index (χ0n) is 10.3. The molecule has 1 amide bonds. The maximum Gasteiger partial charge on any atom is 0.224 e. The predicted octanol–water partition coefficient (Wildman–Crippen LogP) is 4.47. The predicted molar refractivity (Wildman–Crippen MR) is 81.0 cm³/mol. The maximum absolute atomic E-state index is 11.9. The molecule has 1 atom stereocenters. The minimum Gasteiger partial charge on any atom is -0.349 e. The highest BCUT2D eigenvalue weighted by Crippen LogP contribution is 2.26. The fourth-order valence-corrected chi connectivity index (χ4v) is 3.04. The molecule has 0 fully saturated rings. The number of hydrogen-bond acceptors (Lipinski definition) is 2. The lowest BCUT2D eigenvalue weighted by Crippen LogP contribution is -2.28. The number of carbonyl (C=O) groups is 1. The van der Waals surface area contributed by atoms with Gasteiger partial charge in [0.2, 0.25) is 5.91 Å². The van der Waals surface area contributed by atoms with Gasteiger partial charge in [0.1, 0.15) is 0 Å². The van der Waals surface area contributed by atoms with Crippen molar-refractivity contribution in [1.29, 1.82) is 0 Å². The summed E-state index contributed by atoms with van der Waals surface area (Å²) < 4.78 is 0. The summed E-state index contributed by atoms with van der Waals surface area (Å²) in [5.74, 6) is -0.0167. The van der Waals surface area contributed by atoms with Gasteiger partial charge < -0.3 is 5.32 Å². The molecule has 0 saturated heterocycles. The highest BCUT2D eigenvalue weighted by molar-refractivity contribution is 7.08. The molecule has 19 heavy (non-hydrogen) atoms. The Balaban J connectivity index is 2.00. The molecule has 100 valence electrons. The van der Waals surface area contributed by atoms with Gasteiger partial charge in [0, 0.05) is 10.0 Å². The number of carbonyl (C=O) groups excluding carboxylic acids is 1. The van der Waals surface area contributed by atoms with E-state index in [2.05, 4.69) is 5.32 Å². The lowest BCUT2D eigenvalue weighted by Gasteiger charge is -2.15. The third-order valence-corrected chi connectivity index (χ3v) is 4.05. The molecule has 1 heterocycles. The van der Waals surface area contributed by atoms with Crippen LogP contribution in [0.1, 0.15) is 24.1 Å². The second-order valence-corrected chi connectivity index (χ2v) is 5.89. The van der Waals surface area contributed by atoms with Crippen LogP contribution < -0.4 is 5.32 Å². The molecule has 1 aromatic carbocycles. The van der Waals surface area contributed by atoms with Gasteiger partial charge in [0.25, 0.3) is 0 Å². The monoisotopic (exact) mass is 313 g/mol. The van der Waals surface area contributed by atoms with Crippen LogP contribution in [0.3, 0.4) is 0 Å². The zero-order chi connectivity index (χ0) is 13.8. The maximum atomic E-state index is 11.9. The molecule has 0 bridgehead atoms. The topological polar surface area (TPSA) is 29.1 Å². The molecule has 1 aromatic heterocycles. The first-order valence-corrected chi connectivity index (χ1v) is 7.51. The Kier molecular flexibility index (Phi) is 4.86. The van der Waals surface area contributed by atoms with Crippen LogP contribution in [0.4, 0.5) is 0 Å².